The molecule has 4 rings (SSSR count). The number of fused-ring (bicyclic) bond motifs is 1. The zero-order chi connectivity index (χ0) is 17.1. The van der Waals surface area contributed by atoms with Crippen molar-refractivity contribution in [3.05, 3.63) is 103 Å². The fourth-order valence-electron chi connectivity index (χ4n) is 3.20. The van der Waals surface area contributed by atoms with E-state index in [2.05, 4.69) is 83.6 Å². The Morgan fingerprint density at radius 1 is 0.560 bits per heavy atom. The van der Waals surface area contributed by atoms with Crippen LogP contribution in [0.5, 0.6) is 0 Å². The summed E-state index contributed by atoms with van der Waals surface area (Å²) in [6.45, 7) is 0. The molecule has 0 radical (unpaired) electrons. The van der Waals surface area contributed by atoms with Gasteiger partial charge in [-0.25, -0.2) is 0 Å². The first-order chi connectivity index (χ1) is 12.4. The summed E-state index contributed by atoms with van der Waals surface area (Å²) >= 11 is 0. The smallest absolute Gasteiger partial charge is 0.0540 e. The molecule has 0 fully saturated rings. The first-order valence-corrected chi connectivity index (χ1v) is 8.27. The van der Waals surface area contributed by atoms with Gasteiger partial charge in [-0.15, -0.1) is 6.42 Å². The Balaban J connectivity index is 2.01. The summed E-state index contributed by atoms with van der Waals surface area (Å²) in [6, 6.07) is 33.2. The van der Waals surface area contributed by atoms with Crippen molar-refractivity contribution in [2.75, 3.05) is 4.90 Å². The fraction of sp³-hybridized carbons (Fsp3) is 0. The molecule has 0 aliphatic carbocycles. The van der Waals surface area contributed by atoms with Crippen molar-refractivity contribution < 1.29 is 0 Å². The maximum absolute atomic E-state index is 5.70. The van der Waals surface area contributed by atoms with Crippen LogP contribution in [0.4, 0.5) is 17.1 Å². The first-order valence-electron chi connectivity index (χ1n) is 8.27. The van der Waals surface area contributed by atoms with Crippen LogP contribution in [0.25, 0.3) is 10.8 Å². The molecule has 0 amide bonds. The fourth-order valence-corrected chi connectivity index (χ4v) is 3.20. The number of hydrogen-bond donors (Lipinski definition) is 0. The molecule has 4 aromatic carbocycles. The summed E-state index contributed by atoms with van der Waals surface area (Å²) in [5, 5.41) is 2.24. The van der Waals surface area contributed by atoms with Gasteiger partial charge in [0.05, 0.1) is 5.69 Å². The highest BCUT2D eigenvalue weighted by Gasteiger charge is 2.15. The molecule has 0 aromatic heterocycles. The molecule has 0 spiro atoms. The van der Waals surface area contributed by atoms with Gasteiger partial charge in [-0.3, -0.25) is 0 Å². The molecule has 1 nitrogen and oxygen atoms in total. The third-order valence-electron chi connectivity index (χ3n) is 4.32. The zero-order valence-corrected chi connectivity index (χ0v) is 13.8. The van der Waals surface area contributed by atoms with E-state index in [0.717, 1.165) is 33.4 Å². The van der Waals surface area contributed by atoms with Crippen molar-refractivity contribution in [2.45, 2.75) is 0 Å². The van der Waals surface area contributed by atoms with Gasteiger partial charge in [0.1, 0.15) is 0 Å². The van der Waals surface area contributed by atoms with Crippen LogP contribution in [-0.2, 0) is 0 Å². The predicted molar refractivity (Wildman–Crippen MR) is 107 cm³/mol. The minimum atomic E-state index is 0.917. The first kappa shape index (κ1) is 15.1. The molecule has 1 heteroatoms. The Morgan fingerprint density at radius 3 is 1.72 bits per heavy atom. The zero-order valence-electron chi connectivity index (χ0n) is 13.8. The van der Waals surface area contributed by atoms with Crippen LogP contribution in [0.3, 0.4) is 0 Å². The molecule has 0 heterocycles. The van der Waals surface area contributed by atoms with E-state index in [0.29, 0.717) is 0 Å². The summed E-state index contributed by atoms with van der Waals surface area (Å²) in [5.74, 6) is 2.80. The summed E-state index contributed by atoms with van der Waals surface area (Å²) in [6.07, 6.45) is 5.70. The van der Waals surface area contributed by atoms with Gasteiger partial charge in [0.25, 0.3) is 0 Å². The van der Waals surface area contributed by atoms with Gasteiger partial charge >= 0.3 is 0 Å². The van der Waals surface area contributed by atoms with Crippen molar-refractivity contribution >= 4 is 27.8 Å². The Morgan fingerprint density at radius 2 is 1.12 bits per heavy atom. The third-order valence-corrected chi connectivity index (χ3v) is 4.32. The van der Waals surface area contributed by atoms with Crippen molar-refractivity contribution in [2.24, 2.45) is 0 Å². The van der Waals surface area contributed by atoms with E-state index in [1.54, 1.807) is 0 Å². The molecule has 0 atom stereocenters. The lowest BCUT2D eigenvalue weighted by Gasteiger charge is -2.26. The number of terminal acetylenes is 1. The highest BCUT2D eigenvalue weighted by molar-refractivity contribution is 6.01. The van der Waals surface area contributed by atoms with Crippen molar-refractivity contribution in [1.29, 1.82) is 0 Å². The van der Waals surface area contributed by atoms with Gasteiger partial charge < -0.3 is 4.90 Å². The topological polar surface area (TPSA) is 3.24 Å². The van der Waals surface area contributed by atoms with E-state index in [1.807, 2.05) is 24.3 Å². The Hall–Kier alpha value is -3.50. The molecule has 0 aliphatic heterocycles. The minimum absolute atomic E-state index is 0.917. The maximum Gasteiger partial charge on any atom is 0.0540 e. The van der Waals surface area contributed by atoms with Gasteiger partial charge in [-0.2, -0.15) is 0 Å². The average Bonchev–Trinajstić information content (AvgIpc) is 2.69. The van der Waals surface area contributed by atoms with Crippen LogP contribution in [0.1, 0.15) is 5.56 Å². The molecule has 0 saturated carbocycles. The van der Waals surface area contributed by atoms with Crippen molar-refractivity contribution in [3.63, 3.8) is 0 Å². The van der Waals surface area contributed by atoms with Gasteiger partial charge in [-0.05, 0) is 41.8 Å². The average molecular weight is 319 g/mol. The summed E-state index contributed by atoms with van der Waals surface area (Å²) in [4.78, 5) is 2.27. The number of benzene rings is 4. The molecule has 0 N–H and O–H groups in total. The lowest BCUT2D eigenvalue weighted by atomic mass is 10.0. The Bertz CT molecular complexity index is 1000. The lowest BCUT2D eigenvalue weighted by molar-refractivity contribution is 1.30. The molecule has 25 heavy (non-hydrogen) atoms. The second-order valence-corrected chi connectivity index (χ2v) is 5.83. The summed E-state index contributed by atoms with van der Waals surface area (Å²) in [7, 11) is 0. The standard InChI is InChI=1S/C24H17N/c1-2-19-11-9-17-23-22(19)16-10-18-24(23)25(20-12-5-3-6-13-20)21-14-7-4-8-15-21/h1,3-18H. The molecule has 0 bridgehead atoms. The van der Waals surface area contributed by atoms with Gasteiger partial charge in [0.15, 0.2) is 0 Å². The van der Waals surface area contributed by atoms with E-state index in [4.69, 9.17) is 6.42 Å². The maximum atomic E-state index is 5.70. The number of anilines is 3. The largest absolute Gasteiger partial charge is 0.310 e. The molecule has 4 aromatic rings. The van der Waals surface area contributed by atoms with Crippen molar-refractivity contribution in [3.8, 4) is 12.3 Å². The molecule has 0 aliphatic rings. The van der Waals surface area contributed by atoms with Crippen LogP contribution in [0.15, 0.2) is 97.1 Å². The second-order valence-electron chi connectivity index (χ2n) is 5.83. The summed E-state index contributed by atoms with van der Waals surface area (Å²) < 4.78 is 0. The quantitative estimate of drug-likeness (QED) is 0.401. The minimum Gasteiger partial charge on any atom is -0.310 e. The van der Waals surface area contributed by atoms with Crippen molar-refractivity contribution in [1.82, 2.24) is 0 Å². The molecular formula is C24H17N. The highest BCUT2D eigenvalue weighted by atomic mass is 15.1. The third kappa shape index (κ3) is 2.75. The van der Waals surface area contributed by atoms with Gasteiger partial charge in [-0.1, -0.05) is 66.6 Å². The molecule has 0 saturated heterocycles. The lowest BCUT2D eigenvalue weighted by Crippen LogP contribution is -2.10. The van der Waals surface area contributed by atoms with Crippen LogP contribution in [0, 0.1) is 12.3 Å². The van der Waals surface area contributed by atoms with E-state index in [1.165, 1.54) is 0 Å². The number of hydrogen-bond acceptors (Lipinski definition) is 1. The summed E-state index contributed by atoms with van der Waals surface area (Å²) in [5.41, 5.74) is 4.27. The SMILES string of the molecule is C#Cc1cccc2c(N(c3ccccc3)c3ccccc3)cccc12. The normalized spacial score (nSPS) is 10.4. The Labute approximate surface area is 148 Å². The van der Waals surface area contributed by atoms with Gasteiger partial charge in [0, 0.05) is 22.3 Å². The molecule has 118 valence electrons. The van der Waals surface area contributed by atoms with E-state index in [9.17, 15) is 0 Å². The van der Waals surface area contributed by atoms with Crippen LogP contribution < -0.4 is 4.90 Å². The van der Waals surface area contributed by atoms with E-state index >= 15 is 0 Å². The number of nitrogens with zero attached hydrogens (tertiary/aromatic N) is 1. The molecular weight excluding hydrogens is 302 g/mol. The van der Waals surface area contributed by atoms with Gasteiger partial charge in [0.2, 0.25) is 0 Å². The highest BCUT2D eigenvalue weighted by Crippen LogP contribution is 2.38. The number of rotatable bonds is 3. The second kappa shape index (κ2) is 6.55. The van der Waals surface area contributed by atoms with Crippen LogP contribution in [0.2, 0.25) is 0 Å². The monoisotopic (exact) mass is 319 g/mol. The van der Waals surface area contributed by atoms with Crippen LogP contribution in [-0.4, -0.2) is 0 Å². The predicted octanol–water partition coefficient (Wildman–Crippen LogP) is 6.29. The van der Waals surface area contributed by atoms with E-state index < -0.39 is 0 Å². The Kier molecular flexibility index (Phi) is 3.94. The number of para-hydroxylation sites is 2. The molecule has 0 unspecified atom stereocenters. The van der Waals surface area contributed by atoms with Crippen LogP contribution >= 0.6 is 0 Å². The van der Waals surface area contributed by atoms with E-state index in [-0.39, 0.29) is 0 Å².